The van der Waals surface area contributed by atoms with Crippen molar-refractivity contribution in [2.45, 2.75) is 11.8 Å². The molecule has 2 aromatic carbocycles. The highest BCUT2D eigenvalue weighted by molar-refractivity contribution is 7.98. The second-order valence-electron chi connectivity index (χ2n) is 5.17. The molecule has 0 aliphatic rings. The molecule has 0 unspecified atom stereocenters. The zero-order valence-corrected chi connectivity index (χ0v) is 13.6. The van der Waals surface area contributed by atoms with E-state index in [1.807, 2.05) is 36.6 Å². The largest absolute Gasteiger partial charge is 0.428 e. The van der Waals surface area contributed by atoms with E-state index in [0.717, 1.165) is 16.0 Å². The molecule has 23 heavy (non-hydrogen) atoms. The van der Waals surface area contributed by atoms with E-state index in [1.165, 1.54) is 12.1 Å². The van der Waals surface area contributed by atoms with Crippen LogP contribution < -0.4 is 5.63 Å². The van der Waals surface area contributed by atoms with Crippen molar-refractivity contribution < 1.29 is 8.81 Å². The van der Waals surface area contributed by atoms with Gasteiger partial charge in [0.2, 0.25) is 0 Å². The minimum absolute atomic E-state index is 0.337. The van der Waals surface area contributed by atoms with Gasteiger partial charge in [-0.25, -0.2) is 9.18 Å². The van der Waals surface area contributed by atoms with Gasteiger partial charge in [-0.2, -0.15) is 0 Å². The molecule has 1 heterocycles. The molecule has 0 spiro atoms. The Labute approximate surface area is 138 Å². The van der Waals surface area contributed by atoms with Gasteiger partial charge in [-0.3, -0.25) is 0 Å². The third kappa shape index (κ3) is 3.22. The first-order valence-corrected chi connectivity index (χ1v) is 8.36. The zero-order chi connectivity index (χ0) is 16.4. The van der Waals surface area contributed by atoms with Crippen LogP contribution in [0.4, 0.5) is 4.39 Å². The third-order valence-corrected chi connectivity index (χ3v) is 4.35. The number of thioether (sulfide) groups is 1. The Morgan fingerprint density at radius 1 is 0.957 bits per heavy atom. The maximum absolute atomic E-state index is 13.2. The SMILES string of the molecule is CSc1ccc(-c2cc(C)oc(=O)c2-c2ccc(F)cc2)cc1. The van der Waals surface area contributed by atoms with Crippen molar-refractivity contribution in [1.82, 2.24) is 0 Å². The fraction of sp³-hybridized carbons (Fsp3) is 0.105. The van der Waals surface area contributed by atoms with Gasteiger partial charge >= 0.3 is 5.63 Å². The first-order valence-electron chi connectivity index (χ1n) is 7.13. The highest BCUT2D eigenvalue weighted by atomic mass is 32.2. The minimum Gasteiger partial charge on any atom is -0.428 e. The van der Waals surface area contributed by atoms with Crippen LogP contribution in [0.15, 0.2) is 68.7 Å². The highest BCUT2D eigenvalue weighted by Gasteiger charge is 2.14. The van der Waals surface area contributed by atoms with E-state index in [1.54, 1.807) is 30.8 Å². The summed E-state index contributed by atoms with van der Waals surface area (Å²) in [4.78, 5) is 13.5. The van der Waals surface area contributed by atoms with E-state index in [-0.39, 0.29) is 5.82 Å². The summed E-state index contributed by atoms with van der Waals surface area (Å²) < 4.78 is 18.4. The average Bonchev–Trinajstić information content (AvgIpc) is 2.55. The quantitative estimate of drug-likeness (QED) is 0.624. The minimum atomic E-state index is -0.416. The standard InChI is InChI=1S/C19H15FO2S/c1-12-11-17(13-5-9-16(23-2)10-6-13)18(19(21)22-12)14-3-7-15(20)8-4-14/h3-11H,1-2H3. The van der Waals surface area contributed by atoms with Crippen molar-refractivity contribution in [1.29, 1.82) is 0 Å². The number of aryl methyl sites for hydroxylation is 1. The smallest absolute Gasteiger partial charge is 0.344 e. The molecule has 0 saturated carbocycles. The lowest BCUT2D eigenvalue weighted by Crippen LogP contribution is -2.06. The van der Waals surface area contributed by atoms with Gasteiger partial charge in [0, 0.05) is 10.5 Å². The van der Waals surface area contributed by atoms with Gasteiger partial charge in [-0.1, -0.05) is 24.3 Å². The molecule has 0 radical (unpaired) electrons. The van der Waals surface area contributed by atoms with E-state index in [2.05, 4.69) is 0 Å². The summed E-state index contributed by atoms with van der Waals surface area (Å²) in [5.41, 5.74) is 2.40. The Morgan fingerprint density at radius 3 is 2.17 bits per heavy atom. The van der Waals surface area contributed by atoms with Gasteiger partial charge in [-0.15, -0.1) is 11.8 Å². The van der Waals surface area contributed by atoms with Crippen molar-refractivity contribution in [3.63, 3.8) is 0 Å². The molecule has 0 saturated heterocycles. The predicted molar refractivity (Wildman–Crippen MR) is 92.3 cm³/mol. The van der Waals surface area contributed by atoms with E-state index < -0.39 is 5.63 Å². The maximum Gasteiger partial charge on any atom is 0.344 e. The number of rotatable bonds is 3. The Balaban J connectivity index is 2.22. The van der Waals surface area contributed by atoms with Gasteiger partial charge in [0.15, 0.2) is 0 Å². The molecule has 116 valence electrons. The number of hydrogen-bond donors (Lipinski definition) is 0. The van der Waals surface area contributed by atoms with Crippen LogP contribution in [-0.2, 0) is 0 Å². The van der Waals surface area contributed by atoms with Crippen LogP contribution in [-0.4, -0.2) is 6.26 Å². The second-order valence-corrected chi connectivity index (χ2v) is 6.05. The fourth-order valence-electron chi connectivity index (χ4n) is 2.50. The monoisotopic (exact) mass is 326 g/mol. The third-order valence-electron chi connectivity index (χ3n) is 3.61. The van der Waals surface area contributed by atoms with Gasteiger partial charge in [-0.05, 0) is 54.6 Å². The molecule has 1 aromatic heterocycles. The molecule has 3 rings (SSSR count). The molecule has 0 aliphatic heterocycles. The maximum atomic E-state index is 13.2. The topological polar surface area (TPSA) is 30.2 Å². The van der Waals surface area contributed by atoms with Gasteiger partial charge < -0.3 is 4.42 Å². The van der Waals surface area contributed by atoms with E-state index >= 15 is 0 Å². The fourth-order valence-corrected chi connectivity index (χ4v) is 2.91. The van der Waals surface area contributed by atoms with Crippen molar-refractivity contribution in [3.05, 3.63) is 76.6 Å². The Bertz CT molecular complexity index is 881. The van der Waals surface area contributed by atoms with Crippen LogP contribution in [0.3, 0.4) is 0 Å². The van der Waals surface area contributed by atoms with Crippen LogP contribution >= 0.6 is 11.8 Å². The average molecular weight is 326 g/mol. The molecule has 0 atom stereocenters. The molecule has 0 amide bonds. The molecule has 0 N–H and O–H groups in total. The normalized spacial score (nSPS) is 10.7. The van der Waals surface area contributed by atoms with Crippen molar-refractivity contribution in [3.8, 4) is 22.3 Å². The molecule has 0 fully saturated rings. The lowest BCUT2D eigenvalue weighted by atomic mass is 9.96. The molecular weight excluding hydrogens is 311 g/mol. The number of hydrogen-bond acceptors (Lipinski definition) is 3. The van der Waals surface area contributed by atoms with Gasteiger partial charge in [0.05, 0.1) is 5.56 Å². The Kier molecular flexibility index (Phi) is 4.35. The zero-order valence-electron chi connectivity index (χ0n) is 12.8. The Hall–Kier alpha value is -2.33. The molecule has 4 heteroatoms. The molecule has 3 aromatic rings. The molecule has 0 bridgehead atoms. The van der Waals surface area contributed by atoms with E-state index in [9.17, 15) is 9.18 Å². The van der Waals surface area contributed by atoms with Crippen molar-refractivity contribution in [2.75, 3.05) is 6.26 Å². The number of benzene rings is 2. The lowest BCUT2D eigenvalue weighted by molar-refractivity contribution is 0.483. The van der Waals surface area contributed by atoms with Gasteiger partial charge in [0.1, 0.15) is 11.6 Å². The summed E-state index contributed by atoms with van der Waals surface area (Å²) in [7, 11) is 0. The first kappa shape index (κ1) is 15.6. The lowest BCUT2D eigenvalue weighted by Gasteiger charge is -2.10. The summed E-state index contributed by atoms with van der Waals surface area (Å²) >= 11 is 1.66. The summed E-state index contributed by atoms with van der Waals surface area (Å²) in [6, 6.07) is 15.7. The number of halogens is 1. The highest BCUT2D eigenvalue weighted by Crippen LogP contribution is 2.31. The summed E-state index contributed by atoms with van der Waals surface area (Å²) in [6.45, 7) is 1.75. The van der Waals surface area contributed by atoms with Gasteiger partial charge in [0.25, 0.3) is 0 Å². The van der Waals surface area contributed by atoms with Crippen LogP contribution in [0.25, 0.3) is 22.3 Å². The van der Waals surface area contributed by atoms with Crippen LogP contribution in [0.5, 0.6) is 0 Å². The van der Waals surface area contributed by atoms with Crippen molar-refractivity contribution >= 4 is 11.8 Å². The van der Waals surface area contributed by atoms with E-state index in [4.69, 9.17) is 4.42 Å². The summed E-state index contributed by atoms with van der Waals surface area (Å²) in [5.74, 6) is 0.209. The second kappa shape index (κ2) is 6.42. The molecular formula is C19H15FO2S. The Morgan fingerprint density at radius 2 is 1.57 bits per heavy atom. The summed E-state index contributed by atoms with van der Waals surface area (Å²) in [5, 5.41) is 0. The molecule has 2 nitrogen and oxygen atoms in total. The van der Waals surface area contributed by atoms with E-state index in [0.29, 0.717) is 16.9 Å². The predicted octanol–water partition coefficient (Wildman–Crippen LogP) is 5.14. The van der Waals surface area contributed by atoms with Crippen LogP contribution in [0.2, 0.25) is 0 Å². The van der Waals surface area contributed by atoms with Crippen LogP contribution in [0.1, 0.15) is 5.76 Å². The molecule has 0 aliphatic carbocycles. The summed E-state index contributed by atoms with van der Waals surface area (Å²) in [6.07, 6.45) is 2.01. The van der Waals surface area contributed by atoms with Crippen LogP contribution in [0, 0.1) is 12.7 Å². The van der Waals surface area contributed by atoms with Crippen molar-refractivity contribution in [2.24, 2.45) is 0 Å². The first-order chi connectivity index (χ1) is 11.1.